The van der Waals surface area contributed by atoms with E-state index in [4.69, 9.17) is 0 Å². The molecule has 2 aliphatic rings. The number of hydrogen-bond acceptors (Lipinski definition) is 1. The topological polar surface area (TPSA) is 8.17 Å². The zero-order valence-electron chi connectivity index (χ0n) is 30.6. The maximum absolute atomic E-state index is 2.55. The summed E-state index contributed by atoms with van der Waals surface area (Å²) in [6.07, 6.45) is 0. The van der Waals surface area contributed by atoms with Gasteiger partial charge in [0, 0.05) is 34.6 Å². The molecule has 0 atom stereocenters. The Labute approximate surface area is 316 Å². The summed E-state index contributed by atoms with van der Waals surface area (Å²) in [4.78, 5) is 2.55. The monoisotopic (exact) mass is 690 g/mol. The van der Waals surface area contributed by atoms with Gasteiger partial charge in [0.05, 0.1) is 22.3 Å². The van der Waals surface area contributed by atoms with Gasteiger partial charge in [-0.15, -0.1) is 0 Å². The van der Waals surface area contributed by atoms with Gasteiger partial charge in [-0.1, -0.05) is 146 Å². The van der Waals surface area contributed by atoms with Crippen LogP contribution in [0.2, 0.25) is 0 Å². The van der Waals surface area contributed by atoms with Gasteiger partial charge in [-0.3, -0.25) is 0 Å². The maximum Gasteiger partial charge on any atom is 0.0733 e. The quantitative estimate of drug-likeness (QED) is 0.178. The minimum Gasteiger partial charge on any atom is -0.342 e. The third-order valence-electron chi connectivity index (χ3n) is 12.3. The number of hydrogen-bond donors (Lipinski definition) is 0. The molecule has 2 aliphatic carbocycles. The lowest BCUT2D eigenvalue weighted by atomic mass is 9.70. The van der Waals surface area contributed by atoms with Gasteiger partial charge >= 0.3 is 0 Å². The Hall–Kier alpha value is -6.64. The third-order valence-corrected chi connectivity index (χ3v) is 12.3. The normalized spacial score (nSPS) is 13.2. The average molecular weight is 691 g/mol. The molecule has 8 aromatic carbocycles. The molecular weight excluding hydrogens is 653 g/mol. The molecule has 9 aromatic rings. The summed E-state index contributed by atoms with van der Waals surface area (Å²) in [6.45, 7) is 4.45. The van der Waals surface area contributed by atoms with Crippen LogP contribution >= 0.6 is 0 Å². The predicted molar refractivity (Wildman–Crippen MR) is 226 cm³/mol. The first-order chi connectivity index (χ1) is 26.6. The molecule has 1 spiro atoms. The van der Waals surface area contributed by atoms with Crippen molar-refractivity contribution in [1.82, 2.24) is 4.57 Å². The van der Waals surface area contributed by atoms with Crippen LogP contribution in [0.1, 0.15) is 33.4 Å². The second kappa shape index (κ2) is 11.4. The van der Waals surface area contributed by atoms with Crippen LogP contribution in [0.4, 0.5) is 17.1 Å². The molecule has 0 radical (unpaired) electrons. The van der Waals surface area contributed by atoms with Crippen molar-refractivity contribution in [1.29, 1.82) is 0 Å². The summed E-state index contributed by atoms with van der Waals surface area (Å²) in [5, 5.41) is 2.52. The van der Waals surface area contributed by atoms with Gasteiger partial charge in [0.1, 0.15) is 0 Å². The van der Waals surface area contributed by atoms with Crippen LogP contribution in [0, 0.1) is 13.8 Å². The Morgan fingerprint density at radius 2 is 0.963 bits per heavy atom. The van der Waals surface area contributed by atoms with Crippen LogP contribution in [0.5, 0.6) is 0 Å². The third kappa shape index (κ3) is 4.00. The molecular formula is C52H38N2. The van der Waals surface area contributed by atoms with Crippen molar-refractivity contribution in [3.8, 4) is 33.4 Å². The van der Waals surface area contributed by atoms with Crippen molar-refractivity contribution in [2.45, 2.75) is 19.3 Å². The highest BCUT2D eigenvalue weighted by Gasteiger charge is 2.52. The van der Waals surface area contributed by atoms with Crippen LogP contribution in [-0.4, -0.2) is 4.57 Å². The number of benzene rings is 8. The Balaban J connectivity index is 1.27. The fraction of sp³-hybridized carbons (Fsp3) is 0.0769. The van der Waals surface area contributed by atoms with E-state index in [-0.39, 0.29) is 0 Å². The standard InChI is InChI=1S/C52H38N2/c1-33-16-4-5-17-36(33)42-32-35(31-30-34(42)2)54(49-29-14-22-40-39-20-9-13-27-47(39)53(3)51(40)49)48-28-15-26-46-50(48)41-21-8-12-25-45(41)52(46)43-23-10-6-18-37(43)38-19-7-11-24-44(38)52/h4-32H,1-3H3. The van der Waals surface area contributed by atoms with Gasteiger partial charge in [0.15, 0.2) is 0 Å². The Bertz CT molecular complexity index is 2950. The molecule has 2 heteroatoms. The highest BCUT2D eigenvalue weighted by Crippen LogP contribution is 2.64. The molecule has 0 amide bonds. The summed E-state index contributed by atoms with van der Waals surface area (Å²) < 4.78 is 2.38. The Kier molecular flexibility index (Phi) is 6.55. The van der Waals surface area contributed by atoms with Gasteiger partial charge < -0.3 is 9.47 Å². The largest absolute Gasteiger partial charge is 0.342 e. The first-order valence-electron chi connectivity index (χ1n) is 18.9. The van der Waals surface area contributed by atoms with E-state index in [0.717, 1.165) is 11.4 Å². The molecule has 0 bridgehead atoms. The van der Waals surface area contributed by atoms with E-state index < -0.39 is 5.41 Å². The summed E-state index contributed by atoms with van der Waals surface area (Å²) in [5.41, 5.74) is 21.1. The molecule has 1 aromatic heterocycles. The van der Waals surface area contributed by atoms with E-state index >= 15 is 0 Å². The molecule has 0 unspecified atom stereocenters. The van der Waals surface area contributed by atoms with Crippen LogP contribution < -0.4 is 4.90 Å². The van der Waals surface area contributed by atoms with Crippen molar-refractivity contribution in [2.24, 2.45) is 7.05 Å². The summed E-state index contributed by atoms with van der Waals surface area (Å²) in [6, 6.07) is 65.7. The number of nitrogens with zero attached hydrogens (tertiary/aromatic N) is 2. The second-order valence-corrected chi connectivity index (χ2v) is 15.0. The first-order valence-corrected chi connectivity index (χ1v) is 18.9. The summed E-state index contributed by atoms with van der Waals surface area (Å²) in [5.74, 6) is 0. The van der Waals surface area contributed by atoms with Gasteiger partial charge in [0.2, 0.25) is 0 Å². The second-order valence-electron chi connectivity index (χ2n) is 15.0. The van der Waals surface area contributed by atoms with E-state index in [1.807, 2.05) is 0 Å². The highest BCUT2D eigenvalue weighted by atomic mass is 15.2. The molecule has 0 N–H and O–H groups in total. The number of aromatic nitrogens is 1. The molecule has 0 saturated carbocycles. The van der Waals surface area contributed by atoms with Gasteiger partial charge in [-0.05, 0) is 105 Å². The Morgan fingerprint density at radius 3 is 1.70 bits per heavy atom. The zero-order chi connectivity index (χ0) is 36.1. The molecule has 54 heavy (non-hydrogen) atoms. The molecule has 0 fully saturated rings. The highest BCUT2D eigenvalue weighted by molar-refractivity contribution is 6.14. The van der Waals surface area contributed by atoms with E-state index in [1.54, 1.807) is 0 Å². The SMILES string of the molecule is Cc1ccccc1-c1cc(N(c2cccc3c2-c2ccccc2C32c3ccccc3-c3ccccc32)c2cccc3c4ccccc4n(C)c23)ccc1C. The van der Waals surface area contributed by atoms with Crippen LogP contribution in [-0.2, 0) is 12.5 Å². The van der Waals surface area contributed by atoms with Crippen molar-refractivity contribution in [3.63, 3.8) is 0 Å². The van der Waals surface area contributed by atoms with Crippen LogP contribution in [0.25, 0.3) is 55.2 Å². The van der Waals surface area contributed by atoms with Gasteiger partial charge in [-0.2, -0.15) is 0 Å². The molecule has 2 nitrogen and oxygen atoms in total. The number of aryl methyl sites for hydroxylation is 3. The minimum absolute atomic E-state index is 0.425. The minimum atomic E-state index is -0.425. The maximum atomic E-state index is 2.55. The Morgan fingerprint density at radius 1 is 0.426 bits per heavy atom. The zero-order valence-corrected chi connectivity index (χ0v) is 30.6. The lowest BCUT2D eigenvalue weighted by Gasteiger charge is -2.32. The van der Waals surface area contributed by atoms with Crippen molar-refractivity contribution in [3.05, 3.63) is 209 Å². The fourth-order valence-corrected chi connectivity index (χ4v) is 10.0. The van der Waals surface area contributed by atoms with E-state index in [2.05, 4.69) is 206 Å². The van der Waals surface area contributed by atoms with E-state index in [0.29, 0.717) is 0 Å². The smallest absolute Gasteiger partial charge is 0.0733 e. The van der Waals surface area contributed by atoms with Crippen LogP contribution in [0.3, 0.4) is 0 Å². The lowest BCUT2D eigenvalue weighted by Crippen LogP contribution is -2.26. The van der Waals surface area contributed by atoms with Crippen molar-refractivity contribution < 1.29 is 0 Å². The molecule has 11 rings (SSSR count). The number of anilines is 3. The van der Waals surface area contributed by atoms with Crippen molar-refractivity contribution >= 4 is 38.9 Å². The summed E-state index contributed by atoms with van der Waals surface area (Å²) in [7, 11) is 2.21. The fourth-order valence-electron chi connectivity index (χ4n) is 10.0. The lowest BCUT2D eigenvalue weighted by molar-refractivity contribution is 0.794. The predicted octanol–water partition coefficient (Wildman–Crippen LogP) is 13.4. The number of fused-ring (bicyclic) bond motifs is 13. The van der Waals surface area contributed by atoms with Crippen molar-refractivity contribution in [2.75, 3.05) is 4.90 Å². The van der Waals surface area contributed by atoms with E-state index in [1.165, 1.54) is 94.3 Å². The van der Waals surface area contributed by atoms with E-state index in [9.17, 15) is 0 Å². The molecule has 1 heterocycles. The van der Waals surface area contributed by atoms with Crippen LogP contribution in [0.15, 0.2) is 176 Å². The number of rotatable bonds is 4. The van der Waals surface area contributed by atoms with Gasteiger partial charge in [-0.25, -0.2) is 0 Å². The summed E-state index contributed by atoms with van der Waals surface area (Å²) >= 11 is 0. The average Bonchev–Trinajstić information content (AvgIpc) is 3.81. The van der Waals surface area contributed by atoms with Gasteiger partial charge in [0.25, 0.3) is 0 Å². The molecule has 0 aliphatic heterocycles. The first kappa shape index (κ1) is 30.9. The molecule has 0 saturated heterocycles. The molecule has 256 valence electrons. The number of para-hydroxylation sites is 2.